The molecule has 2 heteroatoms. The first kappa shape index (κ1) is 13.4. The molecule has 0 bridgehead atoms. The Morgan fingerprint density at radius 3 is 2.47 bits per heavy atom. The van der Waals surface area contributed by atoms with Gasteiger partial charge in [-0.05, 0) is 52.1 Å². The molecule has 1 aliphatic carbocycles. The fourth-order valence-corrected chi connectivity index (χ4v) is 3.86. The highest BCUT2D eigenvalue weighted by Crippen LogP contribution is 2.30. The fourth-order valence-electron chi connectivity index (χ4n) is 3.86. The zero-order valence-electron chi connectivity index (χ0n) is 11.9. The van der Waals surface area contributed by atoms with E-state index in [2.05, 4.69) is 31.1 Å². The van der Waals surface area contributed by atoms with Crippen LogP contribution < -0.4 is 5.32 Å². The minimum atomic E-state index is 0.727. The molecule has 100 valence electrons. The van der Waals surface area contributed by atoms with Gasteiger partial charge < -0.3 is 5.32 Å². The summed E-state index contributed by atoms with van der Waals surface area (Å²) in [6, 6.07) is 2.30. The molecule has 2 fully saturated rings. The lowest BCUT2D eigenvalue weighted by Crippen LogP contribution is -2.55. The Hall–Kier alpha value is -0.0800. The fraction of sp³-hybridized carbons (Fsp3) is 1.00. The maximum Gasteiger partial charge on any atom is 0.0252 e. The van der Waals surface area contributed by atoms with Crippen LogP contribution in [0.5, 0.6) is 0 Å². The molecule has 17 heavy (non-hydrogen) atoms. The van der Waals surface area contributed by atoms with E-state index in [9.17, 15) is 0 Å². The molecule has 0 radical (unpaired) electrons. The summed E-state index contributed by atoms with van der Waals surface area (Å²) in [5, 5.41) is 3.59. The molecular weight excluding hydrogens is 208 g/mol. The molecule has 1 N–H and O–H groups in total. The predicted molar refractivity (Wildman–Crippen MR) is 74.3 cm³/mol. The Kier molecular flexibility index (Phi) is 4.87. The van der Waals surface area contributed by atoms with Gasteiger partial charge in [-0.2, -0.15) is 0 Å². The standard InChI is InChI=1S/C15H30N2/c1-12-8-7-11-17(13(12)2)15-10-6-4-5-9-14(15)16-3/h12-16H,4-11H2,1-3H3. The zero-order chi connectivity index (χ0) is 12.3. The average molecular weight is 238 g/mol. The second-order valence-corrected chi connectivity index (χ2v) is 6.20. The third-order valence-corrected chi connectivity index (χ3v) is 5.20. The van der Waals surface area contributed by atoms with E-state index in [-0.39, 0.29) is 0 Å². The number of hydrogen-bond donors (Lipinski definition) is 1. The summed E-state index contributed by atoms with van der Waals surface area (Å²) >= 11 is 0. The summed E-state index contributed by atoms with van der Waals surface area (Å²) in [6.45, 7) is 6.21. The van der Waals surface area contributed by atoms with Crippen molar-refractivity contribution < 1.29 is 0 Å². The van der Waals surface area contributed by atoms with E-state index in [0.29, 0.717) is 0 Å². The zero-order valence-corrected chi connectivity index (χ0v) is 11.9. The van der Waals surface area contributed by atoms with E-state index >= 15 is 0 Å². The maximum absolute atomic E-state index is 3.59. The molecule has 0 aromatic heterocycles. The monoisotopic (exact) mass is 238 g/mol. The number of likely N-dealkylation sites (tertiary alicyclic amines) is 1. The van der Waals surface area contributed by atoms with Crippen molar-refractivity contribution in [2.24, 2.45) is 5.92 Å². The number of nitrogens with one attached hydrogen (secondary N) is 1. The summed E-state index contributed by atoms with van der Waals surface area (Å²) in [5.74, 6) is 0.879. The van der Waals surface area contributed by atoms with Gasteiger partial charge in [0, 0.05) is 18.1 Å². The lowest BCUT2D eigenvalue weighted by molar-refractivity contribution is 0.0475. The smallest absolute Gasteiger partial charge is 0.0252 e. The lowest BCUT2D eigenvalue weighted by Gasteiger charge is -2.45. The second-order valence-electron chi connectivity index (χ2n) is 6.20. The van der Waals surface area contributed by atoms with Gasteiger partial charge in [0.15, 0.2) is 0 Å². The van der Waals surface area contributed by atoms with Crippen LogP contribution in [-0.4, -0.2) is 36.6 Å². The Bertz CT molecular complexity index is 229. The average Bonchev–Trinajstić information content (AvgIpc) is 2.57. The molecule has 2 rings (SSSR count). The summed E-state index contributed by atoms with van der Waals surface area (Å²) in [7, 11) is 2.15. The largest absolute Gasteiger partial charge is 0.315 e. The first-order chi connectivity index (χ1) is 8.24. The molecule has 2 nitrogen and oxygen atoms in total. The second kappa shape index (κ2) is 6.19. The Morgan fingerprint density at radius 1 is 0.941 bits per heavy atom. The van der Waals surface area contributed by atoms with Crippen LogP contribution in [0.3, 0.4) is 0 Å². The number of rotatable bonds is 2. The molecule has 4 unspecified atom stereocenters. The van der Waals surface area contributed by atoms with Crippen LogP contribution in [-0.2, 0) is 0 Å². The van der Waals surface area contributed by atoms with Crippen molar-refractivity contribution in [2.45, 2.75) is 76.9 Å². The molecule has 0 spiro atoms. The highest BCUT2D eigenvalue weighted by atomic mass is 15.2. The van der Waals surface area contributed by atoms with E-state index in [1.807, 2.05) is 0 Å². The van der Waals surface area contributed by atoms with Crippen LogP contribution in [0.25, 0.3) is 0 Å². The highest BCUT2D eigenvalue weighted by Gasteiger charge is 2.34. The van der Waals surface area contributed by atoms with E-state index < -0.39 is 0 Å². The summed E-state index contributed by atoms with van der Waals surface area (Å²) in [4.78, 5) is 2.82. The third kappa shape index (κ3) is 3.03. The molecule has 1 heterocycles. The van der Waals surface area contributed by atoms with Crippen LogP contribution in [0.15, 0.2) is 0 Å². The predicted octanol–water partition coefficient (Wildman–Crippen LogP) is 3.03. The maximum atomic E-state index is 3.59. The van der Waals surface area contributed by atoms with Crippen LogP contribution in [0.1, 0.15) is 58.8 Å². The van der Waals surface area contributed by atoms with Crippen molar-refractivity contribution in [2.75, 3.05) is 13.6 Å². The number of nitrogens with zero attached hydrogens (tertiary/aromatic N) is 1. The summed E-state index contributed by atoms with van der Waals surface area (Å²) in [5.41, 5.74) is 0. The SMILES string of the molecule is CNC1CCCCCC1N1CCCC(C)C1C. The van der Waals surface area contributed by atoms with Crippen LogP contribution >= 0.6 is 0 Å². The summed E-state index contributed by atoms with van der Waals surface area (Å²) < 4.78 is 0. The van der Waals surface area contributed by atoms with Crippen molar-refractivity contribution in [3.8, 4) is 0 Å². The Morgan fingerprint density at radius 2 is 1.71 bits per heavy atom. The van der Waals surface area contributed by atoms with Crippen LogP contribution in [0, 0.1) is 5.92 Å². The van der Waals surface area contributed by atoms with E-state index in [1.54, 1.807) is 0 Å². The molecule has 4 atom stereocenters. The van der Waals surface area contributed by atoms with Gasteiger partial charge in [-0.25, -0.2) is 0 Å². The normalized spacial score (nSPS) is 41.1. The van der Waals surface area contributed by atoms with Gasteiger partial charge in [-0.1, -0.05) is 26.2 Å². The minimum Gasteiger partial charge on any atom is -0.315 e. The van der Waals surface area contributed by atoms with Gasteiger partial charge in [0.2, 0.25) is 0 Å². The van der Waals surface area contributed by atoms with Crippen LogP contribution in [0.4, 0.5) is 0 Å². The highest BCUT2D eigenvalue weighted by molar-refractivity contribution is 4.91. The minimum absolute atomic E-state index is 0.727. The van der Waals surface area contributed by atoms with Crippen molar-refractivity contribution in [1.29, 1.82) is 0 Å². The summed E-state index contributed by atoms with van der Waals surface area (Å²) in [6.07, 6.45) is 9.89. The molecule has 1 aliphatic heterocycles. The van der Waals surface area contributed by atoms with Crippen LogP contribution in [0.2, 0.25) is 0 Å². The topological polar surface area (TPSA) is 15.3 Å². The molecule has 0 aromatic carbocycles. The van der Waals surface area contributed by atoms with Gasteiger partial charge in [0.25, 0.3) is 0 Å². The first-order valence-electron chi connectivity index (χ1n) is 7.67. The van der Waals surface area contributed by atoms with Crippen molar-refractivity contribution in [3.05, 3.63) is 0 Å². The molecule has 1 saturated carbocycles. The molecule has 1 saturated heterocycles. The van der Waals surface area contributed by atoms with Crippen molar-refractivity contribution in [1.82, 2.24) is 10.2 Å². The lowest BCUT2D eigenvalue weighted by atomic mass is 9.88. The van der Waals surface area contributed by atoms with Gasteiger partial charge in [0.05, 0.1) is 0 Å². The third-order valence-electron chi connectivity index (χ3n) is 5.20. The van der Waals surface area contributed by atoms with Crippen molar-refractivity contribution in [3.63, 3.8) is 0 Å². The van der Waals surface area contributed by atoms with Gasteiger partial charge in [0.1, 0.15) is 0 Å². The number of hydrogen-bond acceptors (Lipinski definition) is 2. The van der Waals surface area contributed by atoms with Gasteiger partial charge in [-0.15, -0.1) is 0 Å². The van der Waals surface area contributed by atoms with E-state index in [4.69, 9.17) is 0 Å². The molecule has 0 amide bonds. The van der Waals surface area contributed by atoms with Gasteiger partial charge >= 0.3 is 0 Å². The molecule has 0 aromatic rings. The number of piperidine rings is 1. The Balaban J connectivity index is 2.06. The van der Waals surface area contributed by atoms with E-state index in [0.717, 1.165) is 24.0 Å². The van der Waals surface area contributed by atoms with Crippen molar-refractivity contribution >= 4 is 0 Å². The number of likely N-dealkylation sites (N-methyl/N-ethyl adjacent to an activating group) is 1. The van der Waals surface area contributed by atoms with Gasteiger partial charge in [-0.3, -0.25) is 4.90 Å². The Labute approximate surface area is 107 Å². The first-order valence-corrected chi connectivity index (χ1v) is 7.67. The quantitative estimate of drug-likeness (QED) is 0.744. The molecule has 2 aliphatic rings. The van der Waals surface area contributed by atoms with E-state index in [1.165, 1.54) is 51.5 Å². The molecular formula is C15H30N2.